The number of hydrogen-bond donors (Lipinski definition) is 0. The van der Waals surface area contributed by atoms with Gasteiger partial charge >= 0.3 is 0 Å². The van der Waals surface area contributed by atoms with Gasteiger partial charge in [0.05, 0.1) is 0 Å². The first-order chi connectivity index (χ1) is 4.81. The molecule has 62 valence electrons. The summed E-state index contributed by atoms with van der Waals surface area (Å²) in [7, 11) is 0.342. The van der Waals surface area contributed by atoms with Gasteiger partial charge in [-0.05, 0) is 5.92 Å². The molecule has 0 spiro atoms. The molecule has 0 heterocycles. The number of unbranched alkanes of at least 4 members (excludes halogenated alkanes) is 1. The van der Waals surface area contributed by atoms with Gasteiger partial charge in [-0.2, -0.15) is 0 Å². The van der Waals surface area contributed by atoms with Crippen molar-refractivity contribution in [1.82, 2.24) is 0 Å². The molecule has 0 bridgehead atoms. The van der Waals surface area contributed by atoms with E-state index in [0.717, 1.165) is 5.92 Å². The highest BCUT2D eigenvalue weighted by molar-refractivity contribution is 6.35. The summed E-state index contributed by atoms with van der Waals surface area (Å²) in [4.78, 5) is 0. The first-order valence-corrected chi connectivity index (χ1v) is 6.81. The Labute approximate surface area is 68.2 Å². The zero-order valence-electron chi connectivity index (χ0n) is 7.82. The molecule has 1 atom stereocenters. The largest absolute Gasteiger partial charge is 0.0654 e. The van der Waals surface area contributed by atoms with Crippen molar-refractivity contribution in [3.63, 3.8) is 0 Å². The van der Waals surface area contributed by atoms with Crippen LogP contribution in [-0.2, 0) is 0 Å². The summed E-state index contributed by atoms with van der Waals surface area (Å²) in [6, 6.07) is 3.16. The van der Waals surface area contributed by atoms with Crippen LogP contribution in [0, 0.1) is 5.92 Å². The van der Waals surface area contributed by atoms with Crippen LogP contribution in [0.5, 0.6) is 0 Å². The second-order valence-electron chi connectivity index (χ2n) is 3.36. The number of hydrogen-bond acceptors (Lipinski definition) is 0. The highest BCUT2D eigenvalue weighted by atomic mass is 28.2. The smallest absolute Gasteiger partial charge is 0.0200 e. The minimum atomic E-state index is 0.342. The lowest BCUT2D eigenvalue weighted by Crippen LogP contribution is -1.97. The van der Waals surface area contributed by atoms with Gasteiger partial charge in [0.2, 0.25) is 0 Å². The molecule has 0 saturated carbocycles. The van der Waals surface area contributed by atoms with Gasteiger partial charge in [0, 0.05) is 9.52 Å². The summed E-state index contributed by atoms with van der Waals surface area (Å²) in [5.74, 6) is 1.02. The van der Waals surface area contributed by atoms with Gasteiger partial charge < -0.3 is 0 Å². The van der Waals surface area contributed by atoms with E-state index in [1.807, 2.05) is 0 Å². The minimum Gasteiger partial charge on any atom is -0.0654 e. The van der Waals surface area contributed by atoms with E-state index in [-0.39, 0.29) is 0 Å². The fraction of sp³-hybridized carbons (Fsp3) is 1.00. The van der Waals surface area contributed by atoms with E-state index in [9.17, 15) is 0 Å². The Hall–Kier alpha value is 0.217. The Bertz CT molecular complexity index is 61.7. The standard InChI is InChI=1S/C9H22Si/c1-4-6-7-10-8-9(3)5-2/h9H,4-8,10H2,1-3H3/t9-/m0/s1. The Balaban J connectivity index is 2.89. The van der Waals surface area contributed by atoms with E-state index in [1.165, 1.54) is 19.3 Å². The molecule has 0 aliphatic carbocycles. The average molecular weight is 158 g/mol. The molecule has 0 radical (unpaired) electrons. The van der Waals surface area contributed by atoms with Gasteiger partial charge in [-0.15, -0.1) is 0 Å². The summed E-state index contributed by atoms with van der Waals surface area (Å²) in [6.45, 7) is 6.98. The van der Waals surface area contributed by atoms with Gasteiger partial charge in [0.1, 0.15) is 0 Å². The van der Waals surface area contributed by atoms with Crippen molar-refractivity contribution in [1.29, 1.82) is 0 Å². The summed E-state index contributed by atoms with van der Waals surface area (Å²) >= 11 is 0. The van der Waals surface area contributed by atoms with E-state index >= 15 is 0 Å². The van der Waals surface area contributed by atoms with Gasteiger partial charge in [-0.3, -0.25) is 0 Å². The summed E-state index contributed by atoms with van der Waals surface area (Å²) in [5.41, 5.74) is 0. The molecular formula is C9H22Si. The summed E-state index contributed by atoms with van der Waals surface area (Å²) in [5, 5.41) is 0. The van der Waals surface area contributed by atoms with Crippen LogP contribution in [0.3, 0.4) is 0 Å². The van der Waals surface area contributed by atoms with Gasteiger partial charge in [-0.1, -0.05) is 52.1 Å². The molecule has 0 nitrogen and oxygen atoms in total. The van der Waals surface area contributed by atoms with Crippen LogP contribution in [0.25, 0.3) is 0 Å². The fourth-order valence-corrected chi connectivity index (χ4v) is 3.37. The van der Waals surface area contributed by atoms with Gasteiger partial charge in [0.25, 0.3) is 0 Å². The third-order valence-corrected chi connectivity index (χ3v) is 4.64. The van der Waals surface area contributed by atoms with Crippen molar-refractivity contribution in [2.24, 2.45) is 5.92 Å². The summed E-state index contributed by atoms with van der Waals surface area (Å²) < 4.78 is 0. The quantitative estimate of drug-likeness (QED) is 0.412. The highest BCUT2D eigenvalue weighted by Crippen LogP contribution is 2.08. The Kier molecular flexibility index (Phi) is 7.48. The van der Waals surface area contributed by atoms with Crippen LogP contribution in [0.1, 0.15) is 40.0 Å². The topological polar surface area (TPSA) is 0 Å². The molecule has 0 fully saturated rings. The minimum absolute atomic E-state index is 0.342. The van der Waals surface area contributed by atoms with E-state index in [0.29, 0.717) is 9.52 Å². The maximum atomic E-state index is 2.39. The maximum absolute atomic E-state index is 2.39. The molecule has 0 aromatic rings. The molecule has 0 amide bonds. The SMILES string of the molecule is CCCC[SiH2]C[C@@H](C)CC. The van der Waals surface area contributed by atoms with Crippen molar-refractivity contribution in [2.75, 3.05) is 0 Å². The zero-order valence-corrected chi connectivity index (χ0v) is 9.23. The third kappa shape index (κ3) is 6.34. The van der Waals surface area contributed by atoms with Gasteiger partial charge in [-0.25, -0.2) is 0 Å². The van der Waals surface area contributed by atoms with E-state index in [2.05, 4.69) is 20.8 Å². The third-order valence-electron chi connectivity index (χ3n) is 2.25. The van der Waals surface area contributed by atoms with E-state index in [1.54, 1.807) is 12.1 Å². The maximum Gasteiger partial charge on any atom is 0.0200 e. The average Bonchev–Trinajstić information content (AvgIpc) is 1.98. The predicted molar refractivity (Wildman–Crippen MR) is 52.5 cm³/mol. The van der Waals surface area contributed by atoms with Crippen LogP contribution in [0.2, 0.25) is 12.1 Å². The molecule has 0 aliphatic heterocycles. The molecule has 10 heavy (non-hydrogen) atoms. The van der Waals surface area contributed by atoms with Crippen molar-refractivity contribution in [2.45, 2.75) is 52.1 Å². The second-order valence-corrected chi connectivity index (χ2v) is 5.35. The van der Waals surface area contributed by atoms with Crippen LogP contribution in [-0.4, -0.2) is 9.52 Å². The van der Waals surface area contributed by atoms with Crippen LogP contribution >= 0.6 is 0 Å². The van der Waals surface area contributed by atoms with Crippen molar-refractivity contribution >= 4 is 9.52 Å². The highest BCUT2D eigenvalue weighted by Gasteiger charge is 1.97. The van der Waals surface area contributed by atoms with E-state index < -0.39 is 0 Å². The van der Waals surface area contributed by atoms with Crippen molar-refractivity contribution in [3.8, 4) is 0 Å². The molecule has 0 rings (SSSR count). The van der Waals surface area contributed by atoms with Gasteiger partial charge in [0.15, 0.2) is 0 Å². The molecule has 0 aromatic carbocycles. The Morgan fingerprint density at radius 3 is 2.50 bits per heavy atom. The molecule has 0 N–H and O–H groups in total. The molecule has 0 unspecified atom stereocenters. The van der Waals surface area contributed by atoms with Crippen molar-refractivity contribution < 1.29 is 0 Å². The lowest BCUT2D eigenvalue weighted by atomic mass is 10.2. The first kappa shape index (κ1) is 10.2. The van der Waals surface area contributed by atoms with Crippen LogP contribution in [0.15, 0.2) is 0 Å². The van der Waals surface area contributed by atoms with Crippen molar-refractivity contribution in [3.05, 3.63) is 0 Å². The number of rotatable bonds is 6. The van der Waals surface area contributed by atoms with Crippen LogP contribution < -0.4 is 0 Å². The first-order valence-electron chi connectivity index (χ1n) is 4.81. The fourth-order valence-electron chi connectivity index (χ4n) is 1.12. The lowest BCUT2D eigenvalue weighted by Gasteiger charge is -2.05. The van der Waals surface area contributed by atoms with Crippen LogP contribution in [0.4, 0.5) is 0 Å². The Morgan fingerprint density at radius 1 is 1.30 bits per heavy atom. The predicted octanol–water partition coefficient (Wildman–Crippen LogP) is 2.84. The lowest BCUT2D eigenvalue weighted by molar-refractivity contribution is 0.620. The molecule has 0 saturated heterocycles. The Morgan fingerprint density at radius 2 is 2.00 bits per heavy atom. The monoisotopic (exact) mass is 158 g/mol. The van der Waals surface area contributed by atoms with E-state index in [4.69, 9.17) is 0 Å². The molecule has 0 aliphatic rings. The molecule has 1 heteroatoms. The normalized spacial score (nSPS) is 14.7. The molecule has 0 aromatic heterocycles. The molecular weight excluding hydrogens is 136 g/mol. The zero-order chi connectivity index (χ0) is 7.82. The summed E-state index contributed by atoms with van der Waals surface area (Å²) in [6.07, 6.45) is 4.27. The second kappa shape index (κ2) is 7.33.